The van der Waals surface area contributed by atoms with E-state index in [4.69, 9.17) is 8.83 Å². The van der Waals surface area contributed by atoms with Crippen LogP contribution < -0.4 is 9.80 Å². The molecule has 2 aliphatic carbocycles. The van der Waals surface area contributed by atoms with Gasteiger partial charge < -0.3 is 27.8 Å². The minimum atomic E-state index is -0.279. The van der Waals surface area contributed by atoms with E-state index in [0.29, 0.717) is 0 Å². The molecule has 6 heteroatoms. The van der Waals surface area contributed by atoms with Crippen molar-refractivity contribution in [1.29, 1.82) is 0 Å². The van der Waals surface area contributed by atoms with Crippen LogP contribution >= 0.6 is 0 Å². The average molecular weight is 1260 g/mol. The molecule has 14 aromatic carbocycles. The predicted molar refractivity (Wildman–Crippen MR) is 408 cm³/mol. The lowest BCUT2D eigenvalue weighted by atomic mass is 9.81. The number of aromatic nitrogens is 2. The molecule has 0 amide bonds. The van der Waals surface area contributed by atoms with E-state index >= 15 is 0 Å². The number of furan rings is 2. The number of nitrogens with zero attached hydrogens (tertiary/aromatic N) is 4. The number of hydrogen-bond donors (Lipinski definition) is 0. The van der Waals surface area contributed by atoms with Gasteiger partial charge in [-0.2, -0.15) is 0 Å². The van der Waals surface area contributed by atoms with Gasteiger partial charge in [0.15, 0.2) is 0 Å². The summed E-state index contributed by atoms with van der Waals surface area (Å²) in [6, 6.07) is 116. The quantitative estimate of drug-likeness (QED) is 0.137. The Morgan fingerprint density at radius 2 is 0.602 bits per heavy atom. The Bertz CT molecular complexity index is 5850. The van der Waals surface area contributed by atoms with Crippen molar-refractivity contribution in [2.45, 2.75) is 38.5 Å². The highest BCUT2D eigenvalue weighted by atomic mass is 16.3. The third kappa shape index (κ3) is 8.34. The van der Waals surface area contributed by atoms with Crippen LogP contribution in [0, 0.1) is 0 Å². The fourth-order valence-corrected chi connectivity index (χ4v) is 16.7. The van der Waals surface area contributed by atoms with Crippen LogP contribution in [-0.4, -0.2) is 9.13 Å². The fraction of sp³-hybridized carbons (Fsp3) is 0.0652. The van der Waals surface area contributed by atoms with Crippen molar-refractivity contribution in [2.75, 3.05) is 9.80 Å². The summed E-state index contributed by atoms with van der Waals surface area (Å²) < 4.78 is 17.8. The highest BCUT2D eigenvalue weighted by Crippen LogP contribution is 2.55. The van der Waals surface area contributed by atoms with Crippen LogP contribution in [0.3, 0.4) is 0 Å². The molecule has 464 valence electrons. The van der Waals surface area contributed by atoms with Crippen molar-refractivity contribution in [3.63, 3.8) is 0 Å². The number of hydrogen-bond acceptors (Lipinski definition) is 4. The maximum atomic E-state index is 6.42. The largest absolute Gasteiger partial charge is 0.456 e. The van der Waals surface area contributed by atoms with Crippen molar-refractivity contribution < 1.29 is 8.83 Å². The number of anilines is 6. The van der Waals surface area contributed by atoms with Gasteiger partial charge in [0.2, 0.25) is 0 Å². The first kappa shape index (κ1) is 56.0. The average Bonchev–Trinajstić information content (AvgIpc) is 1.56. The molecule has 18 aromatic rings. The van der Waals surface area contributed by atoms with E-state index in [0.717, 1.165) is 112 Å². The zero-order valence-electron chi connectivity index (χ0n) is 54.6. The number of fused-ring (bicyclic) bond motifs is 17. The van der Waals surface area contributed by atoms with E-state index in [1.165, 1.54) is 76.8 Å². The van der Waals surface area contributed by atoms with Crippen molar-refractivity contribution in [3.8, 4) is 56.3 Å². The van der Waals surface area contributed by atoms with Crippen molar-refractivity contribution >= 4 is 110 Å². The summed E-state index contributed by atoms with van der Waals surface area (Å²) in [5.74, 6) is 1.77. The van der Waals surface area contributed by atoms with Gasteiger partial charge in [0.1, 0.15) is 22.7 Å². The second kappa shape index (κ2) is 21.1. The molecular weight excluding hydrogens is 1190 g/mol. The van der Waals surface area contributed by atoms with Crippen LogP contribution in [0.15, 0.2) is 324 Å². The zero-order valence-corrected chi connectivity index (χ0v) is 54.6. The third-order valence-electron chi connectivity index (χ3n) is 21.5. The molecule has 0 spiro atoms. The zero-order chi connectivity index (χ0) is 65.1. The van der Waals surface area contributed by atoms with Crippen LogP contribution in [0.1, 0.15) is 49.9 Å². The molecule has 0 saturated heterocycles. The van der Waals surface area contributed by atoms with Crippen LogP contribution in [-0.2, 0) is 10.8 Å². The third-order valence-corrected chi connectivity index (χ3v) is 21.5. The lowest BCUT2D eigenvalue weighted by Gasteiger charge is -2.28. The molecule has 0 atom stereocenters. The van der Waals surface area contributed by atoms with E-state index in [-0.39, 0.29) is 10.8 Å². The second-order valence-corrected chi connectivity index (χ2v) is 27.6. The van der Waals surface area contributed by atoms with E-state index < -0.39 is 0 Å². The summed E-state index contributed by atoms with van der Waals surface area (Å²) in [4.78, 5) is 4.87. The van der Waals surface area contributed by atoms with E-state index in [1.807, 2.05) is 24.3 Å². The van der Waals surface area contributed by atoms with Crippen LogP contribution in [0.5, 0.6) is 0 Å². The highest BCUT2D eigenvalue weighted by Gasteiger charge is 2.39. The first-order chi connectivity index (χ1) is 48.1. The lowest BCUT2D eigenvalue weighted by molar-refractivity contribution is 0.629. The van der Waals surface area contributed by atoms with Gasteiger partial charge in [0, 0.05) is 99.8 Å². The van der Waals surface area contributed by atoms with Crippen LogP contribution in [0.4, 0.5) is 34.1 Å². The Morgan fingerprint density at radius 1 is 0.265 bits per heavy atom. The van der Waals surface area contributed by atoms with Gasteiger partial charge in [-0.1, -0.05) is 198 Å². The Labute approximate surface area is 567 Å². The number of para-hydroxylation sites is 6. The molecule has 20 rings (SSSR count). The predicted octanol–water partition coefficient (Wildman–Crippen LogP) is 25.4. The van der Waals surface area contributed by atoms with Crippen molar-refractivity contribution in [3.05, 3.63) is 338 Å². The molecule has 4 aromatic heterocycles. The van der Waals surface area contributed by atoms with Gasteiger partial charge >= 0.3 is 0 Å². The summed E-state index contributed by atoms with van der Waals surface area (Å²) >= 11 is 0. The number of rotatable bonds is 10. The maximum Gasteiger partial charge on any atom is 0.135 e. The minimum Gasteiger partial charge on any atom is -0.456 e. The molecular formula is C92H64N4O2. The van der Waals surface area contributed by atoms with Crippen LogP contribution in [0.25, 0.3) is 133 Å². The molecule has 98 heavy (non-hydrogen) atoms. The molecule has 0 aliphatic heterocycles. The van der Waals surface area contributed by atoms with Crippen molar-refractivity contribution in [2.24, 2.45) is 0 Å². The SMILES string of the molecule is CC1(C)c2cc(-c3cc4ccccc4o3)ccc2-c2ccc(N(c3ccccc3)c3ccc4c5c6ccc7c(c6ccc5n(-c5ccccc5)c4c3)c3ccc(N(c4ccccc4)c4ccc5c(c4)C(C)(C)c4cc(-c6cc8ccccc8o6)ccc4-5)cc3n7-c3ccccc3)cc21. The van der Waals surface area contributed by atoms with E-state index in [9.17, 15) is 0 Å². The highest BCUT2D eigenvalue weighted by molar-refractivity contribution is 6.30. The maximum absolute atomic E-state index is 6.42. The fourth-order valence-electron chi connectivity index (χ4n) is 16.7. The first-order valence-corrected chi connectivity index (χ1v) is 34.0. The van der Waals surface area contributed by atoms with E-state index in [1.54, 1.807) is 0 Å². The first-order valence-electron chi connectivity index (χ1n) is 34.0. The molecule has 0 bridgehead atoms. The molecule has 0 saturated carbocycles. The van der Waals surface area contributed by atoms with Gasteiger partial charge in [-0.3, -0.25) is 0 Å². The van der Waals surface area contributed by atoms with Gasteiger partial charge in [-0.15, -0.1) is 0 Å². The van der Waals surface area contributed by atoms with Crippen LogP contribution in [0.2, 0.25) is 0 Å². The molecule has 0 unspecified atom stereocenters. The minimum absolute atomic E-state index is 0.279. The van der Waals surface area contributed by atoms with E-state index in [2.05, 4.69) is 338 Å². The summed E-state index contributed by atoms with van der Waals surface area (Å²) in [6.45, 7) is 9.46. The molecule has 2 aliphatic rings. The topological polar surface area (TPSA) is 42.6 Å². The van der Waals surface area contributed by atoms with Gasteiger partial charge in [-0.25, -0.2) is 0 Å². The molecule has 0 N–H and O–H groups in total. The summed E-state index contributed by atoms with van der Waals surface area (Å²) in [5, 5.41) is 9.46. The second-order valence-electron chi connectivity index (χ2n) is 27.6. The number of benzene rings is 14. The Kier molecular flexibility index (Phi) is 12.0. The summed E-state index contributed by atoms with van der Waals surface area (Å²) in [7, 11) is 0. The van der Waals surface area contributed by atoms with Gasteiger partial charge in [-0.05, 0) is 201 Å². The van der Waals surface area contributed by atoms with Gasteiger partial charge in [0.05, 0.1) is 22.1 Å². The molecule has 4 heterocycles. The molecule has 0 radical (unpaired) electrons. The monoisotopic (exact) mass is 1260 g/mol. The standard InChI is InChI=1S/C92H64N4O2/c1-91(2)77-49-59(87-51-57-21-17-19-31-85(57)97-87)33-39-69(77)71-41-35-65(53-79(71)91)93(61-23-9-5-10-24-61)67-37-43-75-83(55-67)95(63-27-13-7-14-28-63)81-47-45-74-73(89(75)81)46-48-82-90(74)76-44-38-68(56-84(76)96(82)64-29-15-8-16-30-64)94(62-25-11-6-12-26-62)66-36-42-72-70-40-34-60(50-78(70)92(3,4)80(72)54-66)88-52-58-22-18-20-32-86(58)98-88/h5-56H,1-4H3. The van der Waals surface area contributed by atoms with Gasteiger partial charge in [0.25, 0.3) is 0 Å². The molecule has 6 nitrogen and oxygen atoms in total. The summed E-state index contributed by atoms with van der Waals surface area (Å²) in [6.07, 6.45) is 0. The smallest absolute Gasteiger partial charge is 0.135 e. The Hall–Kier alpha value is -12.4. The normalized spacial score (nSPS) is 13.5. The lowest BCUT2D eigenvalue weighted by Crippen LogP contribution is -2.16. The molecule has 0 fully saturated rings. The Morgan fingerprint density at radius 3 is 1.01 bits per heavy atom. The summed E-state index contributed by atoms with van der Waals surface area (Å²) in [5.41, 5.74) is 27.0. The Balaban J connectivity index is 0.729. The van der Waals surface area contributed by atoms with Crippen molar-refractivity contribution in [1.82, 2.24) is 9.13 Å².